The maximum absolute atomic E-state index is 12.2. The molecule has 0 radical (unpaired) electrons. The summed E-state index contributed by atoms with van der Waals surface area (Å²) < 4.78 is 0. The molecule has 94 valence electrons. The van der Waals surface area contributed by atoms with Gasteiger partial charge in [-0.1, -0.05) is 42.5 Å². The third kappa shape index (κ3) is 3.08. The Bertz CT molecular complexity index is 638. The van der Waals surface area contributed by atoms with E-state index in [1.165, 1.54) is 11.1 Å². The van der Waals surface area contributed by atoms with Crippen molar-refractivity contribution in [3.63, 3.8) is 0 Å². The van der Waals surface area contributed by atoms with Crippen molar-refractivity contribution >= 4 is 5.78 Å². The minimum atomic E-state index is 0.0282. The highest BCUT2D eigenvalue weighted by Gasteiger charge is 2.11. The van der Waals surface area contributed by atoms with Crippen molar-refractivity contribution in [1.82, 2.24) is 0 Å². The van der Waals surface area contributed by atoms with E-state index < -0.39 is 0 Å². The molecule has 0 aliphatic carbocycles. The van der Waals surface area contributed by atoms with Crippen molar-refractivity contribution in [3.8, 4) is 6.07 Å². The SMILES string of the molecule is Cc1ccccc1CCC(=O)c1ccccc1C#N. The first-order valence-electron chi connectivity index (χ1n) is 6.29. The first-order chi connectivity index (χ1) is 9.22. The molecule has 0 heterocycles. The summed E-state index contributed by atoms with van der Waals surface area (Å²) in [5, 5.41) is 8.99. The number of Topliss-reactive ketones (excluding diaryl/α,β-unsaturated/α-hetero) is 1. The third-order valence-corrected chi connectivity index (χ3v) is 3.23. The van der Waals surface area contributed by atoms with Crippen LogP contribution in [0.5, 0.6) is 0 Å². The third-order valence-electron chi connectivity index (χ3n) is 3.23. The van der Waals surface area contributed by atoms with Gasteiger partial charge in [0.05, 0.1) is 11.6 Å². The highest BCUT2D eigenvalue weighted by atomic mass is 16.1. The number of ketones is 1. The van der Waals surface area contributed by atoms with E-state index in [1.54, 1.807) is 24.3 Å². The van der Waals surface area contributed by atoms with Gasteiger partial charge in [-0.25, -0.2) is 0 Å². The van der Waals surface area contributed by atoms with Crippen LogP contribution in [0.1, 0.15) is 33.5 Å². The zero-order chi connectivity index (χ0) is 13.7. The molecule has 2 aromatic carbocycles. The molecule has 0 saturated carbocycles. The van der Waals surface area contributed by atoms with Crippen molar-refractivity contribution < 1.29 is 4.79 Å². The number of nitrogens with zero attached hydrogens (tertiary/aromatic N) is 1. The molecule has 2 aromatic rings. The van der Waals surface area contributed by atoms with Crippen molar-refractivity contribution in [3.05, 3.63) is 70.8 Å². The lowest BCUT2D eigenvalue weighted by Gasteiger charge is -2.06. The fourth-order valence-corrected chi connectivity index (χ4v) is 2.10. The molecule has 0 aliphatic rings. The van der Waals surface area contributed by atoms with Crippen LogP contribution in [0.4, 0.5) is 0 Å². The molecular weight excluding hydrogens is 234 g/mol. The molecular formula is C17H15NO. The minimum absolute atomic E-state index is 0.0282. The van der Waals surface area contributed by atoms with Crippen molar-refractivity contribution in [2.45, 2.75) is 19.8 Å². The van der Waals surface area contributed by atoms with Crippen LogP contribution in [0.2, 0.25) is 0 Å². The van der Waals surface area contributed by atoms with Gasteiger partial charge in [0.2, 0.25) is 0 Å². The highest BCUT2D eigenvalue weighted by Crippen LogP contribution is 2.14. The van der Waals surface area contributed by atoms with Gasteiger partial charge in [0.15, 0.2) is 5.78 Å². The molecule has 2 rings (SSSR count). The van der Waals surface area contributed by atoms with Crippen LogP contribution < -0.4 is 0 Å². The predicted octanol–water partition coefficient (Wildman–Crippen LogP) is 3.68. The number of benzene rings is 2. The normalized spacial score (nSPS) is 9.89. The second kappa shape index (κ2) is 5.97. The van der Waals surface area contributed by atoms with E-state index in [0.29, 0.717) is 24.0 Å². The van der Waals surface area contributed by atoms with Gasteiger partial charge < -0.3 is 0 Å². The molecule has 0 aromatic heterocycles. The Kier molecular flexibility index (Phi) is 4.10. The van der Waals surface area contributed by atoms with Crippen LogP contribution in [0.3, 0.4) is 0 Å². The van der Waals surface area contributed by atoms with Crippen LogP contribution in [-0.4, -0.2) is 5.78 Å². The number of carbonyl (C=O) groups excluding carboxylic acids is 1. The summed E-state index contributed by atoms with van der Waals surface area (Å²) in [4.78, 5) is 12.2. The molecule has 0 bridgehead atoms. The largest absolute Gasteiger partial charge is 0.294 e. The molecule has 0 amide bonds. The second-order valence-corrected chi connectivity index (χ2v) is 4.51. The molecule has 0 saturated heterocycles. The summed E-state index contributed by atoms with van der Waals surface area (Å²) >= 11 is 0. The Morgan fingerprint density at radius 3 is 2.53 bits per heavy atom. The average molecular weight is 249 g/mol. The van der Waals surface area contributed by atoms with Crippen molar-refractivity contribution in [2.24, 2.45) is 0 Å². The second-order valence-electron chi connectivity index (χ2n) is 4.51. The van der Waals surface area contributed by atoms with Crippen molar-refractivity contribution in [2.75, 3.05) is 0 Å². The Labute approximate surface area is 113 Å². The summed E-state index contributed by atoms with van der Waals surface area (Å²) in [6.07, 6.45) is 1.15. The van der Waals surface area contributed by atoms with Gasteiger partial charge in [0.1, 0.15) is 0 Å². The smallest absolute Gasteiger partial charge is 0.164 e. The quantitative estimate of drug-likeness (QED) is 0.775. The number of nitriles is 1. The van der Waals surface area contributed by atoms with Gasteiger partial charge in [0, 0.05) is 12.0 Å². The summed E-state index contributed by atoms with van der Waals surface area (Å²) in [5.74, 6) is 0.0282. The first-order valence-corrected chi connectivity index (χ1v) is 6.29. The highest BCUT2D eigenvalue weighted by molar-refractivity contribution is 5.98. The number of aryl methyl sites for hydroxylation is 2. The number of carbonyl (C=O) groups is 1. The van der Waals surface area contributed by atoms with Crippen molar-refractivity contribution in [1.29, 1.82) is 5.26 Å². The standard InChI is InChI=1S/C17H15NO/c1-13-6-2-3-7-14(13)10-11-17(19)16-9-5-4-8-15(16)12-18/h2-9H,10-11H2,1H3. The Morgan fingerprint density at radius 2 is 1.79 bits per heavy atom. The lowest BCUT2D eigenvalue weighted by atomic mass is 9.97. The predicted molar refractivity (Wildman–Crippen MR) is 75.0 cm³/mol. The number of hydrogen-bond donors (Lipinski definition) is 0. The van der Waals surface area contributed by atoms with Crippen LogP contribution >= 0.6 is 0 Å². The van der Waals surface area contributed by atoms with Crippen LogP contribution in [-0.2, 0) is 6.42 Å². The fourth-order valence-electron chi connectivity index (χ4n) is 2.10. The maximum Gasteiger partial charge on any atom is 0.164 e. The van der Waals surface area contributed by atoms with Gasteiger partial charge in [-0.15, -0.1) is 0 Å². The van der Waals surface area contributed by atoms with Crippen LogP contribution in [0, 0.1) is 18.3 Å². The summed E-state index contributed by atoms with van der Waals surface area (Å²) in [6.45, 7) is 2.04. The molecule has 0 unspecified atom stereocenters. The molecule has 19 heavy (non-hydrogen) atoms. The topological polar surface area (TPSA) is 40.9 Å². The first kappa shape index (κ1) is 13.0. The molecule has 0 N–H and O–H groups in total. The van der Waals surface area contributed by atoms with E-state index in [9.17, 15) is 4.79 Å². The Balaban J connectivity index is 2.11. The van der Waals surface area contributed by atoms with Gasteiger partial charge >= 0.3 is 0 Å². The van der Waals surface area contributed by atoms with E-state index in [-0.39, 0.29) is 5.78 Å². The lowest BCUT2D eigenvalue weighted by Crippen LogP contribution is -2.04. The Hall–Kier alpha value is -2.40. The van der Waals surface area contributed by atoms with Gasteiger partial charge in [-0.05, 0) is 30.5 Å². The van der Waals surface area contributed by atoms with Gasteiger partial charge in [0.25, 0.3) is 0 Å². The number of hydrogen-bond acceptors (Lipinski definition) is 2. The van der Waals surface area contributed by atoms with Gasteiger partial charge in [-0.3, -0.25) is 4.79 Å². The molecule has 0 fully saturated rings. The van der Waals surface area contributed by atoms with Gasteiger partial charge in [-0.2, -0.15) is 5.26 Å². The fraction of sp³-hybridized carbons (Fsp3) is 0.176. The molecule has 2 nitrogen and oxygen atoms in total. The maximum atomic E-state index is 12.2. The average Bonchev–Trinajstić information content (AvgIpc) is 2.46. The monoisotopic (exact) mass is 249 g/mol. The van der Waals surface area contributed by atoms with E-state index in [1.807, 2.05) is 31.2 Å². The van der Waals surface area contributed by atoms with E-state index in [4.69, 9.17) is 5.26 Å². The zero-order valence-corrected chi connectivity index (χ0v) is 10.9. The Morgan fingerprint density at radius 1 is 1.11 bits per heavy atom. The summed E-state index contributed by atoms with van der Waals surface area (Å²) in [5.41, 5.74) is 3.37. The van der Waals surface area contributed by atoms with Crippen LogP contribution in [0.15, 0.2) is 48.5 Å². The number of rotatable bonds is 4. The lowest BCUT2D eigenvalue weighted by molar-refractivity contribution is 0.0982. The molecule has 2 heteroatoms. The van der Waals surface area contributed by atoms with E-state index >= 15 is 0 Å². The zero-order valence-electron chi connectivity index (χ0n) is 10.9. The molecule has 0 atom stereocenters. The summed E-state index contributed by atoms with van der Waals surface area (Å²) in [6, 6.07) is 17.1. The minimum Gasteiger partial charge on any atom is -0.294 e. The summed E-state index contributed by atoms with van der Waals surface area (Å²) in [7, 11) is 0. The molecule has 0 spiro atoms. The van der Waals surface area contributed by atoms with E-state index in [2.05, 4.69) is 6.07 Å². The van der Waals surface area contributed by atoms with E-state index in [0.717, 1.165) is 0 Å². The van der Waals surface area contributed by atoms with Crippen LogP contribution in [0.25, 0.3) is 0 Å². The molecule has 0 aliphatic heterocycles.